The van der Waals surface area contributed by atoms with Crippen molar-refractivity contribution in [2.45, 2.75) is 13.0 Å². The number of hydrogen-bond donors (Lipinski definition) is 1. The van der Waals surface area contributed by atoms with Crippen molar-refractivity contribution in [3.05, 3.63) is 84.2 Å². The number of anilines is 2. The topological polar surface area (TPSA) is 84.9 Å². The van der Waals surface area contributed by atoms with E-state index >= 15 is 0 Å². The van der Waals surface area contributed by atoms with Crippen molar-refractivity contribution in [3.63, 3.8) is 0 Å². The molecule has 3 aromatic rings. The molecule has 0 saturated heterocycles. The van der Waals surface area contributed by atoms with Gasteiger partial charge in [0.25, 0.3) is 5.91 Å². The van der Waals surface area contributed by atoms with Gasteiger partial charge in [-0.1, -0.05) is 18.2 Å². The molecule has 0 saturated carbocycles. The smallest absolute Gasteiger partial charge is 0.265 e. The van der Waals surface area contributed by atoms with E-state index in [2.05, 4.69) is 5.32 Å². The average Bonchev–Trinajstić information content (AvgIpc) is 2.83. The highest BCUT2D eigenvalue weighted by molar-refractivity contribution is 6.08. The van der Waals surface area contributed by atoms with Crippen LogP contribution in [0.5, 0.6) is 11.5 Å². The number of carbonyl (C=O) groups is 3. The number of fused-ring (bicyclic) bond motifs is 1. The van der Waals surface area contributed by atoms with E-state index in [1.165, 1.54) is 35.2 Å². The van der Waals surface area contributed by atoms with Crippen LogP contribution in [-0.4, -0.2) is 36.9 Å². The predicted molar refractivity (Wildman–Crippen MR) is 120 cm³/mol. The number of Topliss-reactive ketones (excluding diaryl/α,β-unsaturated/α-hetero) is 1. The van der Waals surface area contributed by atoms with E-state index in [1.807, 2.05) is 6.07 Å². The molecule has 4 rings (SSSR count). The molecule has 168 valence electrons. The van der Waals surface area contributed by atoms with Gasteiger partial charge in [-0.2, -0.15) is 0 Å². The number of nitrogens with one attached hydrogen (secondary N) is 1. The lowest BCUT2D eigenvalue weighted by Crippen LogP contribution is -2.49. The van der Waals surface area contributed by atoms with Gasteiger partial charge in [0.15, 0.2) is 19.0 Å². The summed E-state index contributed by atoms with van der Waals surface area (Å²) in [5.74, 6) is -0.775. The number of hydrogen-bond acceptors (Lipinski definition) is 5. The Morgan fingerprint density at radius 2 is 1.82 bits per heavy atom. The van der Waals surface area contributed by atoms with Crippen LogP contribution in [0.15, 0.2) is 72.8 Å². The molecule has 33 heavy (non-hydrogen) atoms. The molecule has 3 aromatic carbocycles. The fourth-order valence-electron chi connectivity index (χ4n) is 3.42. The zero-order chi connectivity index (χ0) is 23.4. The molecule has 1 heterocycles. The number of nitrogens with zero attached hydrogens (tertiary/aromatic N) is 1. The number of benzene rings is 3. The first-order valence-corrected chi connectivity index (χ1v) is 10.3. The molecule has 0 aliphatic carbocycles. The van der Waals surface area contributed by atoms with E-state index in [9.17, 15) is 18.8 Å². The fraction of sp³-hybridized carbons (Fsp3) is 0.160. The first-order valence-electron chi connectivity index (χ1n) is 10.3. The maximum atomic E-state index is 13.0. The molecule has 8 heteroatoms. The Kier molecular flexibility index (Phi) is 6.35. The lowest BCUT2D eigenvalue weighted by atomic mass is 10.1. The first-order chi connectivity index (χ1) is 15.9. The molecule has 0 fully saturated rings. The maximum absolute atomic E-state index is 13.0. The van der Waals surface area contributed by atoms with Crippen molar-refractivity contribution < 1.29 is 28.2 Å². The molecule has 1 N–H and O–H groups in total. The van der Waals surface area contributed by atoms with Crippen LogP contribution < -0.4 is 19.7 Å². The summed E-state index contributed by atoms with van der Waals surface area (Å²) in [6.45, 7) is 1.12. The second-order valence-electron chi connectivity index (χ2n) is 7.43. The molecular formula is C25H21FN2O5. The normalized spacial score (nSPS) is 13.5. The molecular weight excluding hydrogens is 427 g/mol. The minimum atomic E-state index is -0.846. The lowest BCUT2D eigenvalue weighted by Gasteiger charge is -2.33. The SMILES string of the molecule is C[C@@H](C(=O)Nc1ccccc1)N1C(=O)COc2ccc(C(=O)COc3ccc(F)cc3)cc21. The van der Waals surface area contributed by atoms with Gasteiger partial charge >= 0.3 is 0 Å². The highest BCUT2D eigenvalue weighted by Crippen LogP contribution is 2.34. The summed E-state index contributed by atoms with van der Waals surface area (Å²) in [5, 5.41) is 2.78. The van der Waals surface area contributed by atoms with Crippen LogP contribution in [0.1, 0.15) is 17.3 Å². The zero-order valence-corrected chi connectivity index (χ0v) is 17.8. The quantitative estimate of drug-likeness (QED) is 0.555. The number of carbonyl (C=O) groups excluding carboxylic acids is 3. The molecule has 0 spiro atoms. The van der Waals surface area contributed by atoms with Gasteiger partial charge in [0.05, 0.1) is 5.69 Å². The van der Waals surface area contributed by atoms with Crippen LogP contribution in [0.25, 0.3) is 0 Å². The number of ketones is 1. The summed E-state index contributed by atoms with van der Waals surface area (Å²) in [7, 11) is 0. The van der Waals surface area contributed by atoms with Crippen molar-refractivity contribution >= 4 is 29.0 Å². The molecule has 0 unspecified atom stereocenters. The minimum absolute atomic E-state index is 0.211. The summed E-state index contributed by atoms with van der Waals surface area (Å²) in [5.41, 5.74) is 1.22. The number of halogens is 1. The monoisotopic (exact) mass is 448 g/mol. The summed E-state index contributed by atoms with van der Waals surface area (Å²) >= 11 is 0. The second kappa shape index (κ2) is 9.52. The van der Waals surface area contributed by atoms with Gasteiger partial charge in [-0.3, -0.25) is 19.3 Å². The molecule has 1 aliphatic heterocycles. The van der Waals surface area contributed by atoms with Crippen molar-refractivity contribution in [1.82, 2.24) is 0 Å². The Morgan fingerprint density at radius 3 is 2.55 bits per heavy atom. The maximum Gasteiger partial charge on any atom is 0.265 e. The average molecular weight is 448 g/mol. The standard InChI is InChI=1S/C25H21FN2O5/c1-16(25(31)27-19-5-3-2-4-6-19)28-21-13-17(7-12-23(21)33-15-24(28)30)22(29)14-32-20-10-8-18(26)9-11-20/h2-13,16H,14-15H2,1H3,(H,27,31)/t16-/m0/s1. The Morgan fingerprint density at radius 1 is 1.09 bits per heavy atom. The van der Waals surface area contributed by atoms with Crippen LogP contribution in [0.4, 0.5) is 15.8 Å². The largest absolute Gasteiger partial charge is 0.485 e. The fourth-order valence-corrected chi connectivity index (χ4v) is 3.42. The van der Waals surface area contributed by atoms with Crippen molar-refractivity contribution in [2.75, 3.05) is 23.4 Å². The zero-order valence-electron chi connectivity index (χ0n) is 17.8. The molecule has 2 amide bonds. The Bertz CT molecular complexity index is 1180. The third kappa shape index (κ3) is 5.01. The predicted octanol–water partition coefficient (Wildman–Crippen LogP) is 3.84. The van der Waals surface area contributed by atoms with E-state index in [0.717, 1.165) is 0 Å². The summed E-state index contributed by atoms with van der Waals surface area (Å²) in [4.78, 5) is 39.5. The van der Waals surface area contributed by atoms with E-state index in [0.29, 0.717) is 22.9 Å². The second-order valence-corrected chi connectivity index (χ2v) is 7.43. The van der Waals surface area contributed by atoms with E-state index in [1.54, 1.807) is 43.3 Å². The van der Waals surface area contributed by atoms with Gasteiger partial charge in [-0.15, -0.1) is 0 Å². The molecule has 0 aromatic heterocycles. The van der Waals surface area contributed by atoms with Crippen LogP contribution in [0.3, 0.4) is 0 Å². The van der Waals surface area contributed by atoms with Gasteiger partial charge < -0.3 is 14.8 Å². The van der Waals surface area contributed by atoms with Crippen molar-refractivity contribution in [3.8, 4) is 11.5 Å². The highest BCUT2D eigenvalue weighted by atomic mass is 19.1. The lowest BCUT2D eigenvalue weighted by molar-refractivity contribution is -0.125. The van der Waals surface area contributed by atoms with E-state index in [4.69, 9.17) is 9.47 Å². The van der Waals surface area contributed by atoms with E-state index in [-0.39, 0.29) is 30.5 Å². The van der Waals surface area contributed by atoms with Gasteiger partial charge in [-0.25, -0.2) is 4.39 Å². The summed E-state index contributed by atoms with van der Waals surface area (Å²) in [6.07, 6.45) is 0. The third-order valence-electron chi connectivity index (χ3n) is 5.15. The van der Waals surface area contributed by atoms with Crippen LogP contribution in [-0.2, 0) is 9.59 Å². The van der Waals surface area contributed by atoms with E-state index < -0.39 is 17.8 Å². The molecule has 1 atom stereocenters. The Hall–Kier alpha value is -4.20. The number of rotatable bonds is 7. The van der Waals surface area contributed by atoms with Crippen molar-refractivity contribution in [1.29, 1.82) is 0 Å². The summed E-state index contributed by atoms with van der Waals surface area (Å²) in [6, 6.07) is 18.1. The Labute approximate surface area is 189 Å². The number of ether oxygens (including phenoxy) is 2. The molecule has 0 radical (unpaired) electrons. The Balaban J connectivity index is 1.52. The van der Waals surface area contributed by atoms with Crippen molar-refractivity contribution in [2.24, 2.45) is 0 Å². The molecule has 7 nitrogen and oxygen atoms in total. The highest BCUT2D eigenvalue weighted by Gasteiger charge is 2.33. The minimum Gasteiger partial charge on any atom is -0.485 e. The van der Waals surface area contributed by atoms with Crippen LogP contribution in [0, 0.1) is 5.82 Å². The van der Waals surface area contributed by atoms with Crippen LogP contribution >= 0.6 is 0 Å². The number of amides is 2. The summed E-state index contributed by atoms with van der Waals surface area (Å²) < 4.78 is 23.9. The molecule has 0 bridgehead atoms. The molecule has 1 aliphatic rings. The van der Waals surface area contributed by atoms with Gasteiger partial charge in [0.2, 0.25) is 5.91 Å². The van der Waals surface area contributed by atoms with Crippen LogP contribution in [0.2, 0.25) is 0 Å². The van der Waals surface area contributed by atoms with Gasteiger partial charge in [0, 0.05) is 11.3 Å². The van der Waals surface area contributed by atoms with Gasteiger partial charge in [-0.05, 0) is 61.5 Å². The first kappa shape index (κ1) is 22.0. The van der Waals surface area contributed by atoms with Gasteiger partial charge in [0.1, 0.15) is 23.4 Å². The number of para-hydroxylation sites is 1. The third-order valence-corrected chi connectivity index (χ3v) is 5.15.